The molecule has 7 rings (SSSR count). The molecule has 0 aliphatic rings. The molecular formula is C34H22ClN. The second-order valence-electron chi connectivity index (χ2n) is 9.11. The highest BCUT2D eigenvalue weighted by molar-refractivity contribution is 6.38. The highest BCUT2D eigenvalue weighted by Crippen LogP contribution is 2.40. The van der Waals surface area contributed by atoms with Crippen LogP contribution in [0.1, 0.15) is 0 Å². The van der Waals surface area contributed by atoms with Gasteiger partial charge in [-0.2, -0.15) is 0 Å². The van der Waals surface area contributed by atoms with E-state index in [4.69, 9.17) is 11.6 Å². The molecule has 0 amide bonds. The fourth-order valence-electron chi connectivity index (χ4n) is 5.48. The van der Waals surface area contributed by atoms with Gasteiger partial charge in [-0.15, -0.1) is 0 Å². The van der Waals surface area contributed by atoms with Gasteiger partial charge < -0.3 is 4.57 Å². The number of hydrogen-bond donors (Lipinski definition) is 0. The summed E-state index contributed by atoms with van der Waals surface area (Å²) < 4.78 is 2.33. The molecule has 0 atom stereocenters. The van der Waals surface area contributed by atoms with E-state index in [1.165, 1.54) is 33.0 Å². The van der Waals surface area contributed by atoms with Crippen LogP contribution in [0.4, 0.5) is 0 Å². The third-order valence-electron chi connectivity index (χ3n) is 7.07. The fourth-order valence-corrected chi connectivity index (χ4v) is 5.75. The Labute approximate surface area is 214 Å². The molecule has 0 aliphatic carbocycles. The minimum atomic E-state index is 0.776. The Morgan fingerprint density at radius 2 is 1.17 bits per heavy atom. The van der Waals surface area contributed by atoms with Gasteiger partial charge in [-0.05, 0) is 63.4 Å². The van der Waals surface area contributed by atoms with Crippen molar-refractivity contribution in [3.8, 4) is 27.9 Å². The smallest absolute Gasteiger partial charge is 0.0556 e. The van der Waals surface area contributed by atoms with Crippen molar-refractivity contribution in [3.63, 3.8) is 0 Å². The largest absolute Gasteiger partial charge is 0.309 e. The summed E-state index contributed by atoms with van der Waals surface area (Å²) in [5.41, 5.74) is 8.24. The fraction of sp³-hybridized carbons (Fsp3) is 0. The zero-order valence-corrected chi connectivity index (χ0v) is 20.3. The van der Waals surface area contributed by atoms with Crippen LogP contribution < -0.4 is 0 Å². The van der Waals surface area contributed by atoms with Crippen molar-refractivity contribution in [2.75, 3.05) is 0 Å². The lowest BCUT2D eigenvalue weighted by Crippen LogP contribution is -1.96. The Balaban J connectivity index is 1.58. The highest BCUT2D eigenvalue weighted by Gasteiger charge is 2.17. The summed E-state index contributed by atoms with van der Waals surface area (Å²) in [7, 11) is 0. The summed E-state index contributed by atoms with van der Waals surface area (Å²) in [4.78, 5) is 0. The molecule has 2 heteroatoms. The molecule has 0 aliphatic heterocycles. The topological polar surface area (TPSA) is 4.93 Å². The van der Waals surface area contributed by atoms with Gasteiger partial charge in [0.05, 0.1) is 16.1 Å². The van der Waals surface area contributed by atoms with Crippen LogP contribution in [0.15, 0.2) is 133 Å². The van der Waals surface area contributed by atoms with E-state index < -0.39 is 0 Å². The molecule has 7 aromatic rings. The van der Waals surface area contributed by atoms with Crippen LogP contribution in [0.2, 0.25) is 5.02 Å². The number of nitrogens with zero attached hydrogens (tertiary/aromatic N) is 1. The summed E-state index contributed by atoms with van der Waals surface area (Å²) in [6.07, 6.45) is 0. The maximum absolute atomic E-state index is 6.72. The summed E-state index contributed by atoms with van der Waals surface area (Å²) in [6.45, 7) is 0. The van der Waals surface area contributed by atoms with Crippen LogP contribution in [0.3, 0.4) is 0 Å². The minimum Gasteiger partial charge on any atom is -0.309 e. The zero-order valence-electron chi connectivity index (χ0n) is 19.5. The lowest BCUT2D eigenvalue weighted by Gasteiger charge is -2.16. The Bertz CT molecular complexity index is 1890. The van der Waals surface area contributed by atoms with Crippen LogP contribution in [0.5, 0.6) is 0 Å². The molecule has 0 N–H and O–H groups in total. The Kier molecular flexibility index (Phi) is 4.90. The predicted octanol–water partition coefficient (Wildman–Crippen LogP) is 9.92. The van der Waals surface area contributed by atoms with E-state index in [2.05, 4.69) is 126 Å². The van der Waals surface area contributed by atoms with Crippen molar-refractivity contribution in [2.45, 2.75) is 0 Å². The molecule has 0 radical (unpaired) electrons. The van der Waals surface area contributed by atoms with Crippen LogP contribution >= 0.6 is 11.6 Å². The van der Waals surface area contributed by atoms with Crippen molar-refractivity contribution >= 4 is 44.2 Å². The van der Waals surface area contributed by atoms with Gasteiger partial charge in [0.1, 0.15) is 0 Å². The Morgan fingerprint density at radius 3 is 2.06 bits per heavy atom. The molecule has 1 aromatic heterocycles. The molecule has 170 valence electrons. The predicted molar refractivity (Wildman–Crippen MR) is 154 cm³/mol. The quantitative estimate of drug-likeness (QED) is 0.237. The molecule has 1 nitrogen and oxygen atoms in total. The molecule has 0 fully saturated rings. The molecule has 0 unspecified atom stereocenters. The first-order valence-corrected chi connectivity index (χ1v) is 12.5. The normalized spacial score (nSPS) is 11.5. The van der Waals surface area contributed by atoms with E-state index >= 15 is 0 Å². The standard InChI is InChI=1S/C34H22ClN/c35-31-17-9-19-33-34(31)29-15-6-7-18-32(29)36(33)25-20-21-27(23-10-2-1-3-11-23)30(22-25)28-16-8-13-24-12-4-5-14-26(24)28/h1-22H. The van der Waals surface area contributed by atoms with Gasteiger partial charge in [-0.25, -0.2) is 0 Å². The van der Waals surface area contributed by atoms with Gasteiger partial charge >= 0.3 is 0 Å². The minimum absolute atomic E-state index is 0.776. The van der Waals surface area contributed by atoms with E-state index in [1.54, 1.807) is 0 Å². The number of halogens is 1. The number of fused-ring (bicyclic) bond motifs is 4. The molecular weight excluding hydrogens is 458 g/mol. The zero-order chi connectivity index (χ0) is 24.1. The van der Waals surface area contributed by atoms with Crippen molar-refractivity contribution < 1.29 is 0 Å². The summed E-state index contributed by atoms with van der Waals surface area (Å²) >= 11 is 6.72. The summed E-state index contributed by atoms with van der Waals surface area (Å²) in [5, 5.41) is 5.52. The molecule has 1 heterocycles. The summed E-state index contributed by atoms with van der Waals surface area (Å²) in [5.74, 6) is 0. The van der Waals surface area contributed by atoms with Crippen LogP contribution in [0, 0.1) is 0 Å². The Morgan fingerprint density at radius 1 is 0.472 bits per heavy atom. The van der Waals surface area contributed by atoms with Gasteiger partial charge in [0.2, 0.25) is 0 Å². The van der Waals surface area contributed by atoms with E-state index in [0.29, 0.717) is 0 Å². The maximum atomic E-state index is 6.72. The number of benzene rings is 6. The molecule has 0 saturated carbocycles. The SMILES string of the molecule is Clc1cccc2c1c1ccccc1n2-c1ccc(-c2ccccc2)c(-c2cccc3ccccc23)c1. The van der Waals surface area contributed by atoms with Gasteiger partial charge in [-0.1, -0.05) is 115 Å². The lowest BCUT2D eigenvalue weighted by atomic mass is 9.91. The number of aromatic nitrogens is 1. The van der Waals surface area contributed by atoms with Crippen LogP contribution in [-0.4, -0.2) is 4.57 Å². The van der Waals surface area contributed by atoms with E-state index in [9.17, 15) is 0 Å². The first kappa shape index (κ1) is 21.0. The number of hydrogen-bond acceptors (Lipinski definition) is 0. The second kappa shape index (κ2) is 8.41. The molecule has 36 heavy (non-hydrogen) atoms. The highest BCUT2D eigenvalue weighted by atomic mass is 35.5. The van der Waals surface area contributed by atoms with Crippen molar-refractivity contribution in [1.82, 2.24) is 4.57 Å². The third-order valence-corrected chi connectivity index (χ3v) is 7.39. The van der Waals surface area contributed by atoms with Gasteiger partial charge in [0.15, 0.2) is 0 Å². The van der Waals surface area contributed by atoms with E-state index in [-0.39, 0.29) is 0 Å². The van der Waals surface area contributed by atoms with Crippen molar-refractivity contribution in [3.05, 3.63) is 138 Å². The second-order valence-corrected chi connectivity index (χ2v) is 9.52. The Hall–Kier alpha value is -4.33. The van der Waals surface area contributed by atoms with Gasteiger partial charge in [-0.3, -0.25) is 0 Å². The van der Waals surface area contributed by atoms with Gasteiger partial charge in [0.25, 0.3) is 0 Å². The number of rotatable bonds is 3. The first-order chi connectivity index (χ1) is 17.8. The van der Waals surface area contributed by atoms with E-state index in [1.807, 2.05) is 12.1 Å². The molecule has 0 bridgehead atoms. The van der Waals surface area contributed by atoms with Gasteiger partial charge in [0, 0.05) is 16.5 Å². The average molecular weight is 480 g/mol. The third kappa shape index (κ3) is 3.25. The molecule has 0 saturated heterocycles. The molecule has 6 aromatic carbocycles. The number of para-hydroxylation sites is 1. The lowest BCUT2D eigenvalue weighted by molar-refractivity contribution is 1.18. The monoisotopic (exact) mass is 479 g/mol. The van der Waals surface area contributed by atoms with Crippen LogP contribution in [-0.2, 0) is 0 Å². The van der Waals surface area contributed by atoms with Crippen LogP contribution in [0.25, 0.3) is 60.5 Å². The first-order valence-electron chi connectivity index (χ1n) is 12.2. The maximum Gasteiger partial charge on any atom is 0.0556 e. The molecule has 0 spiro atoms. The average Bonchev–Trinajstić information content (AvgIpc) is 3.28. The van der Waals surface area contributed by atoms with E-state index in [0.717, 1.165) is 32.5 Å². The van der Waals surface area contributed by atoms with Crippen molar-refractivity contribution in [2.24, 2.45) is 0 Å². The van der Waals surface area contributed by atoms with Crippen molar-refractivity contribution in [1.29, 1.82) is 0 Å². The summed E-state index contributed by atoms with van der Waals surface area (Å²) in [6, 6.07) is 47.3.